The molecule has 6 nitrogen and oxygen atoms in total. The molecule has 1 aliphatic rings. The van der Waals surface area contributed by atoms with Gasteiger partial charge in [-0.25, -0.2) is 8.42 Å². The highest BCUT2D eigenvalue weighted by atomic mass is 32.2. The topological polar surface area (TPSA) is 99.1 Å². The summed E-state index contributed by atoms with van der Waals surface area (Å²) in [5.41, 5.74) is -0.0266. The van der Waals surface area contributed by atoms with Gasteiger partial charge < -0.3 is 5.32 Å². The van der Waals surface area contributed by atoms with Crippen molar-refractivity contribution in [3.63, 3.8) is 0 Å². The first-order chi connectivity index (χ1) is 12.4. The number of carbonyl (C=O) groups excluding carboxylic acids is 1. The monoisotopic (exact) mass is 389 g/mol. The summed E-state index contributed by atoms with van der Waals surface area (Å²) >= 11 is 1.13. The molecule has 1 amide bonds. The second kappa shape index (κ2) is 7.48. The quantitative estimate of drug-likeness (QED) is 0.817. The van der Waals surface area contributed by atoms with Gasteiger partial charge in [0.2, 0.25) is 0 Å². The van der Waals surface area contributed by atoms with Crippen molar-refractivity contribution in [2.75, 3.05) is 4.72 Å². The van der Waals surface area contributed by atoms with Gasteiger partial charge in [0.1, 0.15) is 9.75 Å². The van der Waals surface area contributed by atoms with E-state index in [0.29, 0.717) is 24.1 Å². The number of amides is 1. The predicted octanol–water partition coefficient (Wildman–Crippen LogP) is 3.51. The third kappa shape index (κ3) is 4.06. The molecule has 0 aliphatic heterocycles. The van der Waals surface area contributed by atoms with Crippen LogP contribution in [0.3, 0.4) is 0 Å². The van der Waals surface area contributed by atoms with E-state index in [4.69, 9.17) is 0 Å². The Bertz CT molecular complexity index is 908. The molecule has 1 saturated carbocycles. The van der Waals surface area contributed by atoms with E-state index >= 15 is 0 Å². The maximum absolute atomic E-state index is 12.5. The maximum Gasteiger partial charge on any atom is 0.271 e. The first-order valence-electron chi connectivity index (χ1n) is 8.34. The number of rotatable bonds is 5. The van der Waals surface area contributed by atoms with Crippen molar-refractivity contribution in [3.05, 3.63) is 47.3 Å². The summed E-state index contributed by atoms with van der Waals surface area (Å²) in [5.74, 6) is -0.318. The molecule has 0 radical (unpaired) electrons. The highest BCUT2D eigenvalue weighted by molar-refractivity contribution is 7.94. The van der Waals surface area contributed by atoms with Gasteiger partial charge in [0.05, 0.1) is 6.07 Å². The molecule has 136 valence electrons. The van der Waals surface area contributed by atoms with Gasteiger partial charge in [0.15, 0.2) is 0 Å². The Morgan fingerprint density at radius 3 is 2.38 bits per heavy atom. The maximum atomic E-state index is 12.5. The standard InChI is InChI=1S/C18H19N3O3S2/c19-13-18(10-2-1-3-11-18)20-17(22)14-6-8-15(9-7-14)21-26(23,24)16-5-4-12-25-16/h4-9,12,21H,1-3,10-11H2,(H,20,22). The number of sulfonamides is 1. The molecule has 0 atom stereocenters. The number of carbonyl (C=O) groups is 1. The zero-order valence-electron chi connectivity index (χ0n) is 14.1. The molecule has 1 aliphatic carbocycles. The largest absolute Gasteiger partial charge is 0.334 e. The van der Waals surface area contributed by atoms with Crippen LogP contribution in [0.5, 0.6) is 0 Å². The van der Waals surface area contributed by atoms with E-state index in [1.54, 1.807) is 35.7 Å². The van der Waals surface area contributed by atoms with Crippen LogP contribution < -0.4 is 10.0 Å². The summed E-state index contributed by atoms with van der Waals surface area (Å²) in [5, 5.41) is 14.0. The molecule has 8 heteroatoms. The van der Waals surface area contributed by atoms with Crippen LogP contribution in [0.25, 0.3) is 0 Å². The van der Waals surface area contributed by atoms with E-state index in [1.807, 2.05) is 0 Å². The van der Waals surface area contributed by atoms with Gasteiger partial charge in [-0.15, -0.1) is 11.3 Å². The molecular weight excluding hydrogens is 370 g/mol. The van der Waals surface area contributed by atoms with Gasteiger partial charge in [0, 0.05) is 11.3 Å². The van der Waals surface area contributed by atoms with E-state index < -0.39 is 15.6 Å². The minimum atomic E-state index is -3.61. The number of nitriles is 1. The lowest BCUT2D eigenvalue weighted by molar-refractivity contribution is 0.0902. The zero-order chi connectivity index (χ0) is 18.6. The third-order valence-electron chi connectivity index (χ3n) is 4.43. The summed E-state index contributed by atoms with van der Waals surface area (Å²) in [4.78, 5) is 12.5. The van der Waals surface area contributed by atoms with Gasteiger partial charge in [-0.05, 0) is 48.6 Å². The van der Waals surface area contributed by atoms with E-state index in [-0.39, 0.29) is 10.1 Å². The fourth-order valence-electron chi connectivity index (χ4n) is 3.02. The molecule has 0 saturated heterocycles. The van der Waals surface area contributed by atoms with Crippen LogP contribution in [0.4, 0.5) is 5.69 Å². The number of nitrogens with one attached hydrogen (secondary N) is 2. The molecule has 0 unspecified atom stereocenters. The Morgan fingerprint density at radius 2 is 1.81 bits per heavy atom. The van der Waals surface area contributed by atoms with Crippen molar-refractivity contribution in [1.82, 2.24) is 5.32 Å². The van der Waals surface area contributed by atoms with Crippen molar-refractivity contribution in [2.24, 2.45) is 0 Å². The molecule has 1 aromatic carbocycles. The Hall–Kier alpha value is -2.37. The van der Waals surface area contributed by atoms with Crippen LogP contribution in [0.1, 0.15) is 42.5 Å². The van der Waals surface area contributed by atoms with Gasteiger partial charge in [-0.2, -0.15) is 5.26 Å². The molecule has 2 aromatic rings. The average Bonchev–Trinajstić information content (AvgIpc) is 3.18. The van der Waals surface area contributed by atoms with Crippen molar-refractivity contribution in [1.29, 1.82) is 5.26 Å². The highest BCUT2D eigenvalue weighted by Gasteiger charge is 2.33. The number of hydrogen-bond donors (Lipinski definition) is 2. The highest BCUT2D eigenvalue weighted by Crippen LogP contribution is 2.28. The third-order valence-corrected chi connectivity index (χ3v) is 7.21. The smallest absolute Gasteiger partial charge is 0.271 e. The van der Waals surface area contributed by atoms with Crippen LogP contribution in [0.15, 0.2) is 46.0 Å². The van der Waals surface area contributed by atoms with Gasteiger partial charge in [-0.3, -0.25) is 9.52 Å². The number of hydrogen-bond acceptors (Lipinski definition) is 5. The van der Waals surface area contributed by atoms with Crippen molar-refractivity contribution in [3.8, 4) is 6.07 Å². The van der Waals surface area contributed by atoms with Crippen molar-refractivity contribution >= 4 is 33.0 Å². The summed E-state index contributed by atoms with van der Waals surface area (Å²) in [6, 6.07) is 11.6. The lowest BCUT2D eigenvalue weighted by atomic mass is 9.82. The Labute approximate surface area is 156 Å². The number of benzene rings is 1. The SMILES string of the molecule is N#CC1(NC(=O)c2ccc(NS(=O)(=O)c3cccs3)cc2)CCCCC1. The summed E-state index contributed by atoms with van der Waals surface area (Å²) < 4.78 is 27.1. The molecule has 1 heterocycles. The minimum Gasteiger partial charge on any atom is -0.334 e. The summed E-state index contributed by atoms with van der Waals surface area (Å²) in [6.07, 6.45) is 4.26. The van der Waals surface area contributed by atoms with Gasteiger partial charge in [0.25, 0.3) is 15.9 Å². The van der Waals surface area contributed by atoms with Crippen molar-refractivity contribution in [2.45, 2.75) is 41.9 Å². The number of anilines is 1. The van der Waals surface area contributed by atoms with Crippen LogP contribution in [0, 0.1) is 11.3 Å². The van der Waals surface area contributed by atoms with E-state index in [9.17, 15) is 18.5 Å². The molecule has 1 fully saturated rings. The Kier molecular flexibility index (Phi) is 5.30. The lowest BCUT2D eigenvalue weighted by Gasteiger charge is -2.31. The molecule has 3 rings (SSSR count). The molecule has 1 aromatic heterocycles. The first kappa shape index (κ1) is 18.4. The molecule has 0 bridgehead atoms. The van der Waals surface area contributed by atoms with Crippen LogP contribution in [-0.2, 0) is 10.0 Å². The number of thiophene rings is 1. The lowest BCUT2D eigenvalue weighted by Crippen LogP contribution is -2.48. The first-order valence-corrected chi connectivity index (χ1v) is 10.7. The molecule has 2 N–H and O–H groups in total. The van der Waals surface area contributed by atoms with Crippen LogP contribution >= 0.6 is 11.3 Å². The van der Waals surface area contributed by atoms with Crippen LogP contribution in [-0.4, -0.2) is 19.9 Å². The van der Waals surface area contributed by atoms with Gasteiger partial charge >= 0.3 is 0 Å². The average molecular weight is 390 g/mol. The molecule has 26 heavy (non-hydrogen) atoms. The second-order valence-corrected chi connectivity index (χ2v) is 9.18. The minimum absolute atomic E-state index is 0.229. The van der Waals surface area contributed by atoms with E-state index in [0.717, 1.165) is 30.6 Å². The number of nitrogens with zero attached hydrogens (tertiary/aromatic N) is 1. The molecular formula is C18H19N3O3S2. The molecule has 0 spiro atoms. The Morgan fingerprint density at radius 1 is 1.12 bits per heavy atom. The van der Waals surface area contributed by atoms with E-state index in [1.165, 1.54) is 6.07 Å². The van der Waals surface area contributed by atoms with Crippen LogP contribution in [0.2, 0.25) is 0 Å². The van der Waals surface area contributed by atoms with Crippen molar-refractivity contribution < 1.29 is 13.2 Å². The van der Waals surface area contributed by atoms with Gasteiger partial charge in [-0.1, -0.05) is 25.3 Å². The van der Waals surface area contributed by atoms with E-state index in [2.05, 4.69) is 16.1 Å². The normalized spacial score (nSPS) is 16.4. The Balaban J connectivity index is 1.69. The fraction of sp³-hybridized carbons (Fsp3) is 0.333. The summed E-state index contributed by atoms with van der Waals surface area (Å²) in [6.45, 7) is 0. The summed E-state index contributed by atoms with van der Waals surface area (Å²) in [7, 11) is -3.61. The second-order valence-electron chi connectivity index (χ2n) is 6.32. The fourth-order valence-corrected chi connectivity index (χ4v) is 5.07. The predicted molar refractivity (Wildman–Crippen MR) is 100 cm³/mol. The zero-order valence-corrected chi connectivity index (χ0v) is 15.7.